The summed E-state index contributed by atoms with van der Waals surface area (Å²) in [5.74, 6) is 0.223. The van der Waals surface area contributed by atoms with E-state index < -0.39 is 5.91 Å². The van der Waals surface area contributed by atoms with Crippen molar-refractivity contribution in [3.8, 4) is 5.75 Å². The Morgan fingerprint density at radius 1 is 1.47 bits per heavy atom. The zero-order valence-electron chi connectivity index (χ0n) is 10.2. The summed E-state index contributed by atoms with van der Waals surface area (Å²) in [4.78, 5) is 23.0. The number of rotatable bonds is 4. The summed E-state index contributed by atoms with van der Waals surface area (Å²) in [6, 6.07) is 7.35. The standard InChI is InChI=1S/C12H12N2O3S2/c1-8-2-4-9(5-3-8)17-6-10(15)13-14-11(16)7-19-12(14)18/h2-5H,6-7H2,1H3,(H,13,15). The Labute approximate surface area is 120 Å². The zero-order valence-corrected chi connectivity index (χ0v) is 11.8. The van der Waals surface area contributed by atoms with Gasteiger partial charge in [0.15, 0.2) is 10.9 Å². The van der Waals surface area contributed by atoms with Crippen LogP contribution < -0.4 is 10.2 Å². The molecule has 7 heteroatoms. The van der Waals surface area contributed by atoms with E-state index in [0.29, 0.717) is 10.1 Å². The fraction of sp³-hybridized carbons (Fsp3) is 0.250. The molecule has 0 saturated carbocycles. The molecule has 1 fully saturated rings. The van der Waals surface area contributed by atoms with Gasteiger partial charge in [-0.1, -0.05) is 41.7 Å². The number of aryl methyl sites for hydroxylation is 1. The first-order valence-corrected chi connectivity index (χ1v) is 6.94. The maximum absolute atomic E-state index is 11.6. The number of nitrogens with zero attached hydrogens (tertiary/aromatic N) is 1. The van der Waals surface area contributed by atoms with Gasteiger partial charge in [0.25, 0.3) is 11.8 Å². The maximum atomic E-state index is 11.6. The summed E-state index contributed by atoms with van der Waals surface area (Å²) in [7, 11) is 0. The molecule has 1 aromatic carbocycles. The average Bonchev–Trinajstić information content (AvgIpc) is 2.70. The Kier molecular flexibility index (Phi) is 4.39. The lowest BCUT2D eigenvalue weighted by Gasteiger charge is -2.16. The molecule has 1 heterocycles. The van der Waals surface area contributed by atoms with E-state index in [1.165, 1.54) is 11.8 Å². The van der Waals surface area contributed by atoms with Crippen LogP contribution >= 0.6 is 24.0 Å². The lowest BCUT2D eigenvalue weighted by Crippen LogP contribution is -2.46. The van der Waals surface area contributed by atoms with Gasteiger partial charge in [-0.05, 0) is 19.1 Å². The summed E-state index contributed by atoms with van der Waals surface area (Å²) < 4.78 is 5.66. The molecule has 1 N–H and O–H groups in total. The minimum atomic E-state index is -0.418. The Bertz CT molecular complexity index is 500. The summed E-state index contributed by atoms with van der Waals surface area (Å²) in [6.07, 6.45) is 0. The number of ether oxygens (including phenoxy) is 1. The molecule has 2 amide bonds. The highest BCUT2D eigenvalue weighted by Gasteiger charge is 2.28. The van der Waals surface area contributed by atoms with Gasteiger partial charge in [0.1, 0.15) is 5.75 Å². The van der Waals surface area contributed by atoms with Crippen molar-refractivity contribution < 1.29 is 14.3 Å². The fourth-order valence-corrected chi connectivity index (χ4v) is 2.38. The number of benzene rings is 1. The Hall–Kier alpha value is -1.60. The van der Waals surface area contributed by atoms with E-state index in [4.69, 9.17) is 17.0 Å². The number of carbonyl (C=O) groups excluding carboxylic acids is 2. The second-order valence-electron chi connectivity index (χ2n) is 3.92. The van der Waals surface area contributed by atoms with Crippen molar-refractivity contribution in [3.63, 3.8) is 0 Å². The molecule has 0 atom stereocenters. The van der Waals surface area contributed by atoms with Crippen LogP contribution in [0.5, 0.6) is 5.75 Å². The predicted molar refractivity (Wildman–Crippen MR) is 76.7 cm³/mol. The van der Waals surface area contributed by atoms with Crippen LogP contribution in [0.3, 0.4) is 0 Å². The van der Waals surface area contributed by atoms with Crippen LogP contribution in [-0.2, 0) is 9.59 Å². The molecular formula is C12H12N2O3S2. The number of amides is 2. The molecule has 1 aliphatic heterocycles. The van der Waals surface area contributed by atoms with Crippen LogP contribution in [0.2, 0.25) is 0 Å². The number of nitrogens with one attached hydrogen (secondary N) is 1. The topological polar surface area (TPSA) is 58.6 Å². The first kappa shape index (κ1) is 13.8. The highest BCUT2D eigenvalue weighted by atomic mass is 32.2. The molecule has 1 aliphatic rings. The number of hydrogen-bond acceptors (Lipinski definition) is 5. The Balaban J connectivity index is 1.83. The van der Waals surface area contributed by atoms with Crippen LogP contribution in [0.4, 0.5) is 0 Å². The van der Waals surface area contributed by atoms with Gasteiger partial charge in [0.2, 0.25) is 0 Å². The van der Waals surface area contributed by atoms with Crippen molar-refractivity contribution in [2.75, 3.05) is 12.4 Å². The normalized spacial score (nSPS) is 14.7. The largest absolute Gasteiger partial charge is 0.484 e. The van der Waals surface area contributed by atoms with Gasteiger partial charge >= 0.3 is 0 Å². The maximum Gasteiger partial charge on any atom is 0.276 e. The van der Waals surface area contributed by atoms with Crippen molar-refractivity contribution in [2.24, 2.45) is 0 Å². The molecule has 0 spiro atoms. The van der Waals surface area contributed by atoms with Gasteiger partial charge in [0.05, 0.1) is 5.75 Å². The molecule has 5 nitrogen and oxygen atoms in total. The Morgan fingerprint density at radius 2 is 2.16 bits per heavy atom. The number of thiocarbonyl (C=S) groups is 1. The predicted octanol–water partition coefficient (Wildman–Crippen LogP) is 1.27. The van der Waals surface area contributed by atoms with E-state index >= 15 is 0 Å². The number of hydrogen-bond donors (Lipinski definition) is 1. The van der Waals surface area contributed by atoms with Crippen molar-refractivity contribution in [3.05, 3.63) is 29.8 Å². The molecule has 0 aromatic heterocycles. The van der Waals surface area contributed by atoms with Gasteiger partial charge in [0, 0.05) is 0 Å². The number of carbonyl (C=O) groups is 2. The third kappa shape index (κ3) is 3.68. The van der Waals surface area contributed by atoms with Gasteiger partial charge in [-0.25, -0.2) is 5.01 Å². The molecule has 0 aliphatic carbocycles. The number of thioether (sulfide) groups is 1. The van der Waals surface area contributed by atoms with Crippen molar-refractivity contribution in [1.82, 2.24) is 10.4 Å². The molecular weight excluding hydrogens is 284 g/mol. The summed E-state index contributed by atoms with van der Waals surface area (Å²) >= 11 is 6.16. The molecule has 0 radical (unpaired) electrons. The fourth-order valence-electron chi connectivity index (χ4n) is 1.40. The monoisotopic (exact) mass is 296 g/mol. The van der Waals surface area contributed by atoms with Crippen LogP contribution in [0, 0.1) is 6.92 Å². The molecule has 1 aromatic rings. The van der Waals surface area contributed by atoms with Crippen LogP contribution in [0.1, 0.15) is 5.56 Å². The molecule has 19 heavy (non-hydrogen) atoms. The smallest absolute Gasteiger partial charge is 0.276 e. The Morgan fingerprint density at radius 3 is 2.74 bits per heavy atom. The molecule has 0 bridgehead atoms. The van der Waals surface area contributed by atoms with E-state index in [9.17, 15) is 9.59 Å². The van der Waals surface area contributed by atoms with E-state index in [1.54, 1.807) is 12.1 Å². The van der Waals surface area contributed by atoms with Crippen molar-refractivity contribution >= 4 is 40.1 Å². The summed E-state index contributed by atoms with van der Waals surface area (Å²) in [5, 5.41) is 1.08. The molecule has 100 valence electrons. The zero-order chi connectivity index (χ0) is 13.8. The van der Waals surface area contributed by atoms with Gasteiger partial charge < -0.3 is 4.74 Å². The van der Waals surface area contributed by atoms with Crippen molar-refractivity contribution in [2.45, 2.75) is 6.92 Å². The number of hydrazine groups is 1. The second-order valence-corrected chi connectivity index (χ2v) is 5.53. The van der Waals surface area contributed by atoms with E-state index in [2.05, 4.69) is 5.43 Å². The minimum Gasteiger partial charge on any atom is -0.484 e. The highest BCUT2D eigenvalue weighted by molar-refractivity contribution is 8.23. The van der Waals surface area contributed by atoms with E-state index in [0.717, 1.165) is 10.6 Å². The quantitative estimate of drug-likeness (QED) is 0.848. The van der Waals surface area contributed by atoms with Gasteiger partial charge in [-0.15, -0.1) is 0 Å². The van der Waals surface area contributed by atoms with Crippen molar-refractivity contribution in [1.29, 1.82) is 0 Å². The van der Waals surface area contributed by atoms with Gasteiger partial charge in [-0.2, -0.15) is 0 Å². The van der Waals surface area contributed by atoms with Crippen LogP contribution in [-0.4, -0.2) is 33.5 Å². The third-order valence-corrected chi connectivity index (χ3v) is 3.74. The van der Waals surface area contributed by atoms with Gasteiger partial charge in [-0.3, -0.25) is 15.0 Å². The summed E-state index contributed by atoms with van der Waals surface area (Å²) in [6.45, 7) is 1.80. The second kappa shape index (κ2) is 6.03. The average molecular weight is 296 g/mol. The lowest BCUT2D eigenvalue weighted by atomic mass is 10.2. The van der Waals surface area contributed by atoms with E-state index in [-0.39, 0.29) is 18.3 Å². The third-order valence-electron chi connectivity index (χ3n) is 2.38. The first-order valence-electron chi connectivity index (χ1n) is 5.55. The molecule has 2 rings (SSSR count). The molecule has 1 saturated heterocycles. The SMILES string of the molecule is Cc1ccc(OCC(=O)NN2C(=O)CSC2=S)cc1. The molecule has 0 unspecified atom stereocenters. The lowest BCUT2D eigenvalue weighted by molar-refractivity contribution is -0.135. The van der Waals surface area contributed by atoms with Crippen LogP contribution in [0.15, 0.2) is 24.3 Å². The first-order chi connectivity index (χ1) is 9.06. The highest BCUT2D eigenvalue weighted by Crippen LogP contribution is 2.17. The minimum absolute atomic E-state index is 0.167. The van der Waals surface area contributed by atoms with Crippen LogP contribution in [0.25, 0.3) is 0 Å². The van der Waals surface area contributed by atoms with E-state index in [1.807, 2.05) is 19.1 Å². The summed E-state index contributed by atoms with van der Waals surface area (Å²) in [5.41, 5.74) is 3.53.